The Morgan fingerprint density at radius 2 is 1.77 bits per heavy atom. The number of amides is 3. The first-order chi connectivity index (χ1) is 10.4. The van der Waals surface area contributed by atoms with Gasteiger partial charge in [0.05, 0.1) is 5.92 Å². The zero-order chi connectivity index (χ0) is 16.3. The Bertz CT molecular complexity index is 474. The molecule has 0 saturated carbocycles. The molecule has 0 aliphatic carbocycles. The summed E-state index contributed by atoms with van der Waals surface area (Å²) in [7, 11) is 0. The van der Waals surface area contributed by atoms with Gasteiger partial charge in [0.2, 0.25) is 5.91 Å². The van der Waals surface area contributed by atoms with E-state index in [0.29, 0.717) is 30.9 Å². The van der Waals surface area contributed by atoms with Gasteiger partial charge in [-0.1, -0.05) is 6.92 Å². The summed E-state index contributed by atoms with van der Waals surface area (Å²) in [6, 6.07) is -0.0579. The molecular formula is C15H22N2O5. The molecule has 2 heterocycles. The third-order valence-corrected chi connectivity index (χ3v) is 4.28. The third-order valence-electron chi connectivity index (χ3n) is 4.28. The average molecular weight is 310 g/mol. The summed E-state index contributed by atoms with van der Waals surface area (Å²) in [6.45, 7) is 4.47. The van der Waals surface area contributed by atoms with E-state index in [-0.39, 0.29) is 24.8 Å². The van der Waals surface area contributed by atoms with Crippen LogP contribution in [0.5, 0.6) is 0 Å². The molecular weight excluding hydrogens is 288 g/mol. The number of nitrogens with zero attached hydrogens (tertiary/aromatic N) is 2. The molecule has 0 N–H and O–H groups in total. The Balaban J connectivity index is 1.92. The number of hydroxylamine groups is 2. The van der Waals surface area contributed by atoms with Crippen LogP contribution >= 0.6 is 0 Å². The van der Waals surface area contributed by atoms with Crippen LogP contribution in [0.3, 0.4) is 0 Å². The molecule has 0 bridgehead atoms. The lowest BCUT2D eigenvalue weighted by atomic mass is 9.97. The van der Waals surface area contributed by atoms with E-state index in [9.17, 15) is 19.2 Å². The molecule has 122 valence electrons. The van der Waals surface area contributed by atoms with Crippen molar-refractivity contribution in [2.24, 2.45) is 5.92 Å². The Kier molecular flexibility index (Phi) is 5.15. The summed E-state index contributed by atoms with van der Waals surface area (Å²) < 4.78 is 0. The van der Waals surface area contributed by atoms with Crippen LogP contribution in [0.4, 0.5) is 0 Å². The van der Waals surface area contributed by atoms with Crippen molar-refractivity contribution in [1.29, 1.82) is 0 Å². The molecule has 0 aromatic rings. The van der Waals surface area contributed by atoms with Gasteiger partial charge in [0.15, 0.2) is 0 Å². The van der Waals surface area contributed by atoms with Gasteiger partial charge < -0.3 is 9.74 Å². The highest BCUT2D eigenvalue weighted by Gasteiger charge is 2.35. The summed E-state index contributed by atoms with van der Waals surface area (Å²) >= 11 is 0. The van der Waals surface area contributed by atoms with Crippen molar-refractivity contribution in [2.75, 3.05) is 6.54 Å². The minimum absolute atomic E-state index is 0.0579. The monoisotopic (exact) mass is 310 g/mol. The number of rotatable bonds is 6. The Hall–Kier alpha value is -1.92. The lowest BCUT2D eigenvalue weighted by Gasteiger charge is -2.27. The molecule has 2 unspecified atom stereocenters. The quantitative estimate of drug-likeness (QED) is 0.684. The van der Waals surface area contributed by atoms with E-state index in [4.69, 9.17) is 4.84 Å². The van der Waals surface area contributed by atoms with Crippen molar-refractivity contribution in [3.63, 3.8) is 0 Å². The van der Waals surface area contributed by atoms with Gasteiger partial charge in [-0.3, -0.25) is 14.4 Å². The standard InChI is InChI=1S/C15H22N2O5/c1-3-11(9-10(2)16-8-4-5-12(16)18)15(21)22-17-13(19)6-7-14(17)20/h10-11H,3-9H2,1-2H3. The third kappa shape index (κ3) is 3.45. The second-order valence-corrected chi connectivity index (χ2v) is 5.87. The fourth-order valence-electron chi connectivity index (χ4n) is 2.93. The summed E-state index contributed by atoms with van der Waals surface area (Å²) in [5, 5.41) is 0.580. The number of carbonyl (C=O) groups is 4. The van der Waals surface area contributed by atoms with Crippen molar-refractivity contribution in [3.8, 4) is 0 Å². The van der Waals surface area contributed by atoms with Crippen molar-refractivity contribution >= 4 is 23.7 Å². The number of imide groups is 1. The zero-order valence-electron chi connectivity index (χ0n) is 13.0. The Morgan fingerprint density at radius 3 is 2.27 bits per heavy atom. The van der Waals surface area contributed by atoms with E-state index in [1.165, 1.54) is 0 Å². The second kappa shape index (κ2) is 6.89. The minimum atomic E-state index is -0.579. The Labute approximate surface area is 129 Å². The molecule has 2 saturated heterocycles. The maximum Gasteiger partial charge on any atom is 0.336 e. The van der Waals surface area contributed by atoms with Gasteiger partial charge in [-0.05, 0) is 26.2 Å². The first-order valence-corrected chi connectivity index (χ1v) is 7.81. The molecule has 2 fully saturated rings. The molecule has 22 heavy (non-hydrogen) atoms. The van der Waals surface area contributed by atoms with Gasteiger partial charge in [0.1, 0.15) is 0 Å². The highest BCUT2D eigenvalue weighted by Crippen LogP contribution is 2.22. The number of carbonyl (C=O) groups excluding carboxylic acids is 4. The van der Waals surface area contributed by atoms with Crippen molar-refractivity contribution < 1.29 is 24.0 Å². The van der Waals surface area contributed by atoms with Gasteiger partial charge in [0.25, 0.3) is 11.8 Å². The largest absolute Gasteiger partial charge is 0.340 e. The van der Waals surface area contributed by atoms with E-state index >= 15 is 0 Å². The van der Waals surface area contributed by atoms with Crippen molar-refractivity contribution in [1.82, 2.24) is 9.96 Å². The maximum atomic E-state index is 12.2. The maximum absolute atomic E-state index is 12.2. The predicted molar refractivity (Wildman–Crippen MR) is 76.0 cm³/mol. The summed E-state index contributed by atoms with van der Waals surface area (Å²) in [4.78, 5) is 53.6. The fraction of sp³-hybridized carbons (Fsp3) is 0.733. The lowest BCUT2D eigenvalue weighted by molar-refractivity contribution is -0.201. The van der Waals surface area contributed by atoms with Gasteiger partial charge in [0, 0.05) is 31.8 Å². The highest BCUT2D eigenvalue weighted by molar-refractivity contribution is 6.01. The average Bonchev–Trinajstić information content (AvgIpc) is 3.04. The molecule has 7 heteroatoms. The Morgan fingerprint density at radius 1 is 1.14 bits per heavy atom. The first-order valence-electron chi connectivity index (χ1n) is 7.81. The lowest BCUT2D eigenvalue weighted by Crippen LogP contribution is -2.39. The molecule has 2 aliphatic heterocycles. The van der Waals surface area contributed by atoms with Gasteiger partial charge >= 0.3 is 5.97 Å². The predicted octanol–water partition coefficient (Wildman–Crippen LogP) is 1.02. The zero-order valence-corrected chi connectivity index (χ0v) is 13.0. The van der Waals surface area contributed by atoms with Crippen LogP contribution in [0.25, 0.3) is 0 Å². The van der Waals surface area contributed by atoms with Crippen molar-refractivity contribution in [2.45, 2.75) is 58.4 Å². The van der Waals surface area contributed by atoms with Crippen LogP contribution in [-0.2, 0) is 24.0 Å². The van der Waals surface area contributed by atoms with E-state index < -0.39 is 23.7 Å². The number of likely N-dealkylation sites (tertiary alicyclic amines) is 1. The smallest absolute Gasteiger partial charge is 0.336 e. The van der Waals surface area contributed by atoms with E-state index in [2.05, 4.69) is 0 Å². The highest BCUT2D eigenvalue weighted by atomic mass is 16.7. The van der Waals surface area contributed by atoms with Gasteiger partial charge in [-0.2, -0.15) is 0 Å². The molecule has 2 aliphatic rings. The molecule has 2 rings (SSSR count). The van der Waals surface area contributed by atoms with Crippen LogP contribution in [0.1, 0.15) is 52.4 Å². The topological polar surface area (TPSA) is 84.0 Å². The molecule has 0 spiro atoms. The number of hydrogen-bond donors (Lipinski definition) is 0. The molecule has 3 amide bonds. The first kappa shape index (κ1) is 16.5. The molecule has 0 aromatic heterocycles. The van der Waals surface area contributed by atoms with Gasteiger partial charge in [-0.25, -0.2) is 4.79 Å². The van der Waals surface area contributed by atoms with Crippen molar-refractivity contribution in [3.05, 3.63) is 0 Å². The van der Waals surface area contributed by atoms with Crippen LogP contribution in [0, 0.1) is 5.92 Å². The van der Waals surface area contributed by atoms with E-state index in [1.54, 1.807) is 4.90 Å². The summed E-state index contributed by atoms with van der Waals surface area (Å²) in [5.74, 6) is -1.86. The van der Waals surface area contributed by atoms with E-state index in [1.807, 2.05) is 13.8 Å². The van der Waals surface area contributed by atoms with Crippen LogP contribution in [0.2, 0.25) is 0 Å². The van der Waals surface area contributed by atoms with Gasteiger partial charge in [-0.15, -0.1) is 5.06 Å². The second-order valence-electron chi connectivity index (χ2n) is 5.87. The molecule has 0 aromatic carbocycles. The molecule has 7 nitrogen and oxygen atoms in total. The fourth-order valence-corrected chi connectivity index (χ4v) is 2.93. The molecule has 2 atom stereocenters. The SMILES string of the molecule is CCC(CC(C)N1CCCC1=O)C(=O)ON1C(=O)CCC1=O. The minimum Gasteiger partial charge on any atom is -0.340 e. The number of hydrogen-bond acceptors (Lipinski definition) is 5. The van der Waals surface area contributed by atoms with Crippen LogP contribution < -0.4 is 0 Å². The van der Waals surface area contributed by atoms with Crippen LogP contribution in [-0.4, -0.2) is 46.2 Å². The normalized spacial score (nSPS) is 21.5. The molecule has 0 radical (unpaired) electrons. The van der Waals surface area contributed by atoms with E-state index in [0.717, 1.165) is 6.42 Å². The summed E-state index contributed by atoms with van der Waals surface area (Å²) in [5.41, 5.74) is 0. The van der Waals surface area contributed by atoms with Crippen LogP contribution in [0.15, 0.2) is 0 Å². The summed E-state index contributed by atoms with van der Waals surface area (Å²) in [6.07, 6.45) is 2.57.